The number of carbonyl (C=O) groups is 1. The van der Waals surface area contributed by atoms with Crippen molar-refractivity contribution in [2.24, 2.45) is 5.92 Å². The Hall–Kier alpha value is -0.650. The summed E-state index contributed by atoms with van der Waals surface area (Å²) in [4.78, 5) is 16.6. The minimum atomic E-state index is 0.208. The molecule has 0 aliphatic carbocycles. The number of piperidine rings is 1. The number of rotatable bonds is 3. The first-order valence-corrected chi connectivity index (χ1v) is 7.06. The van der Waals surface area contributed by atoms with Gasteiger partial charge in [-0.25, -0.2) is 0 Å². The normalized spacial score (nSPS) is 30.4. The third-order valence-electron chi connectivity index (χ3n) is 4.07. The molecule has 104 valence electrons. The van der Waals surface area contributed by atoms with Crippen LogP contribution in [-0.4, -0.2) is 72.7 Å². The summed E-state index contributed by atoms with van der Waals surface area (Å²) in [5, 5.41) is 12.3. The lowest BCUT2D eigenvalue weighted by atomic mass is 9.92. The molecule has 0 aromatic rings. The number of aliphatic hydroxyl groups excluding tert-OH is 1. The number of nitrogens with one attached hydrogen (secondary N) is 1. The van der Waals surface area contributed by atoms with Crippen LogP contribution in [0.3, 0.4) is 0 Å². The maximum atomic E-state index is 12.4. The topological polar surface area (TPSA) is 55.8 Å². The molecule has 5 heteroatoms. The molecule has 18 heavy (non-hydrogen) atoms. The van der Waals surface area contributed by atoms with Gasteiger partial charge in [0.2, 0.25) is 5.91 Å². The second-order valence-corrected chi connectivity index (χ2v) is 5.47. The average Bonchev–Trinajstić information content (AvgIpc) is 2.39. The molecule has 1 amide bonds. The minimum absolute atomic E-state index is 0.208. The predicted molar refractivity (Wildman–Crippen MR) is 70.3 cm³/mol. The molecule has 2 unspecified atom stereocenters. The van der Waals surface area contributed by atoms with Gasteiger partial charge in [-0.1, -0.05) is 0 Å². The van der Waals surface area contributed by atoms with E-state index in [1.165, 1.54) is 0 Å². The summed E-state index contributed by atoms with van der Waals surface area (Å²) in [6.07, 6.45) is 1.94. The Bertz CT molecular complexity index is 277. The van der Waals surface area contributed by atoms with Gasteiger partial charge >= 0.3 is 0 Å². The van der Waals surface area contributed by atoms with Crippen LogP contribution >= 0.6 is 0 Å². The van der Waals surface area contributed by atoms with Crippen molar-refractivity contribution in [2.75, 3.05) is 45.9 Å². The van der Waals surface area contributed by atoms with Crippen LogP contribution in [0, 0.1) is 5.92 Å². The highest BCUT2D eigenvalue weighted by Crippen LogP contribution is 2.19. The van der Waals surface area contributed by atoms with E-state index in [1.54, 1.807) is 0 Å². The molecule has 0 aromatic heterocycles. The van der Waals surface area contributed by atoms with Crippen LogP contribution in [-0.2, 0) is 4.79 Å². The van der Waals surface area contributed by atoms with Crippen molar-refractivity contribution in [3.05, 3.63) is 0 Å². The van der Waals surface area contributed by atoms with Gasteiger partial charge in [-0.2, -0.15) is 0 Å². The fourth-order valence-electron chi connectivity index (χ4n) is 2.95. The molecule has 2 atom stereocenters. The standard InChI is InChI=1S/C13H25N3O2/c1-11-10-12(2-3-14-11)13(18)16-6-4-15(5-7-16)8-9-17/h11-12,14,17H,2-10H2,1H3. The zero-order valence-corrected chi connectivity index (χ0v) is 11.3. The maximum Gasteiger partial charge on any atom is 0.225 e. The van der Waals surface area contributed by atoms with Crippen molar-refractivity contribution in [2.45, 2.75) is 25.8 Å². The Labute approximate surface area is 109 Å². The van der Waals surface area contributed by atoms with Crippen LogP contribution in [0.4, 0.5) is 0 Å². The zero-order valence-electron chi connectivity index (χ0n) is 11.3. The van der Waals surface area contributed by atoms with Crippen molar-refractivity contribution in [3.8, 4) is 0 Å². The first-order chi connectivity index (χ1) is 8.70. The van der Waals surface area contributed by atoms with Crippen molar-refractivity contribution in [1.29, 1.82) is 0 Å². The van der Waals surface area contributed by atoms with Gasteiger partial charge in [0.05, 0.1) is 6.61 Å². The molecule has 0 saturated carbocycles. The van der Waals surface area contributed by atoms with Gasteiger partial charge in [-0.05, 0) is 26.3 Å². The van der Waals surface area contributed by atoms with Gasteiger partial charge in [0, 0.05) is 44.7 Å². The molecule has 0 bridgehead atoms. The smallest absolute Gasteiger partial charge is 0.225 e. The molecular formula is C13H25N3O2. The largest absolute Gasteiger partial charge is 0.395 e. The third-order valence-corrected chi connectivity index (χ3v) is 4.07. The summed E-state index contributed by atoms with van der Waals surface area (Å²) in [7, 11) is 0. The van der Waals surface area contributed by atoms with Gasteiger partial charge in [-0.15, -0.1) is 0 Å². The van der Waals surface area contributed by atoms with E-state index < -0.39 is 0 Å². The summed E-state index contributed by atoms with van der Waals surface area (Å²) < 4.78 is 0. The lowest BCUT2D eigenvalue weighted by Crippen LogP contribution is -2.52. The highest BCUT2D eigenvalue weighted by atomic mass is 16.3. The van der Waals surface area contributed by atoms with Crippen molar-refractivity contribution >= 4 is 5.91 Å². The van der Waals surface area contributed by atoms with E-state index >= 15 is 0 Å². The number of nitrogens with zero attached hydrogens (tertiary/aromatic N) is 2. The Morgan fingerprint density at radius 1 is 1.33 bits per heavy atom. The third kappa shape index (κ3) is 3.43. The van der Waals surface area contributed by atoms with E-state index in [0.29, 0.717) is 11.9 Å². The Morgan fingerprint density at radius 3 is 2.67 bits per heavy atom. The second kappa shape index (κ2) is 6.50. The monoisotopic (exact) mass is 255 g/mol. The fraction of sp³-hybridized carbons (Fsp3) is 0.923. The molecular weight excluding hydrogens is 230 g/mol. The first-order valence-electron chi connectivity index (χ1n) is 7.06. The fourth-order valence-corrected chi connectivity index (χ4v) is 2.95. The average molecular weight is 255 g/mol. The van der Waals surface area contributed by atoms with Crippen LogP contribution in [0.5, 0.6) is 0 Å². The summed E-state index contributed by atoms with van der Waals surface area (Å²) >= 11 is 0. The van der Waals surface area contributed by atoms with Crippen LogP contribution < -0.4 is 5.32 Å². The summed E-state index contributed by atoms with van der Waals surface area (Å²) in [6.45, 7) is 7.47. The predicted octanol–water partition coefficient (Wildman–Crippen LogP) is -0.489. The summed E-state index contributed by atoms with van der Waals surface area (Å²) in [5.74, 6) is 0.553. The van der Waals surface area contributed by atoms with Crippen molar-refractivity contribution < 1.29 is 9.90 Å². The van der Waals surface area contributed by atoms with Gasteiger partial charge in [-0.3, -0.25) is 9.69 Å². The van der Waals surface area contributed by atoms with E-state index in [9.17, 15) is 4.79 Å². The number of piperazine rings is 1. The van der Waals surface area contributed by atoms with E-state index in [4.69, 9.17) is 5.11 Å². The molecule has 0 aromatic carbocycles. The molecule has 2 fully saturated rings. The number of amides is 1. The highest BCUT2D eigenvalue weighted by Gasteiger charge is 2.30. The number of β-amino-alcohol motifs (C(OH)–C–C–N with tert-alkyl or cyclic N) is 1. The lowest BCUT2D eigenvalue weighted by molar-refractivity contribution is -0.138. The Morgan fingerprint density at radius 2 is 2.06 bits per heavy atom. The zero-order chi connectivity index (χ0) is 13.0. The SMILES string of the molecule is CC1CC(C(=O)N2CCN(CCO)CC2)CCN1. The first kappa shape index (κ1) is 13.8. The summed E-state index contributed by atoms with van der Waals surface area (Å²) in [5.41, 5.74) is 0. The van der Waals surface area contributed by atoms with Crippen LogP contribution in [0.1, 0.15) is 19.8 Å². The molecule has 2 aliphatic heterocycles. The summed E-state index contributed by atoms with van der Waals surface area (Å²) in [6, 6.07) is 0.461. The molecule has 0 spiro atoms. The van der Waals surface area contributed by atoms with Crippen molar-refractivity contribution in [3.63, 3.8) is 0 Å². The maximum absolute atomic E-state index is 12.4. The number of hydrogen-bond donors (Lipinski definition) is 2. The molecule has 2 aliphatic rings. The lowest BCUT2D eigenvalue weighted by Gasteiger charge is -2.37. The Kier molecular flexibility index (Phi) is 4.97. The minimum Gasteiger partial charge on any atom is -0.395 e. The molecule has 2 rings (SSSR count). The quantitative estimate of drug-likeness (QED) is 0.714. The van der Waals surface area contributed by atoms with Crippen LogP contribution in [0.25, 0.3) is 0 Å². The number of hydrogen-bond acceptors (Lipinski definition) is 4. The van der Waals surface area contributed by atoms with Crippen LogP contribution in [0.15, 0.2) is 0 Å². The number of aliphatic hydroxyl groups is 1. The molecule has 2 heterocycles. The Balaban J connectivity index is 1.80. The van der Waals surface area contributed by atoms with E-state index in [1.807, 2.05) is 4.90 Å². The molecule has 0 radical (unpaired) electrons. The highest BCUT2D eigenvalue weighted by molar-refractivity contribution is 5.79. The van der Waals surface area contributed by atoms with Gasteiger partial charge in [0.1, 0.15) is 0 Å². The molecule has 2 N–H and O–H groups in total. The van der Waals surface area contributed by atoms with E-state index in [2.05, 4.69) is 17.1 Å². The second-order valence-electron chi connectivity index (χ2n) is 5.47. The van der Waals surface area contributed by atoms with Crippen molar-refractivity contribution in [1.82, 2.24) is 15.1 Å². The molecule has 2 saturated heterocycles. The van der Waals surface area contributed by atoms with Gasteiger partial charge in [0.15, 0.2) is 0 Å². The van der Waals surface area contributed by atoms with Gasteiger partial charge < -0.3 is 15.3 Å². The van der Waals surface area contributed by atoms with E-state index in [0.717, 1.165) is 52.1 Å². The van der Waals surface area contributed by atoms with E-state index in [-0.39, 0.29) is 12.5 Å². The van der Waals surface area contributed by atoms with Crippen LogP contribution in [0.2, 0.25) is 0 Å². The number of carbonyl (C=O) groups excluding carboxylic acids is 1. The molecule has 5 nitrogen and oxygen atoms in total. The van der Waals surface area contributed by atoms with Gasteiger partial charge in [0.25, 0.3) is 0 Å².